The van der Waals surface area contributed by atoms with Gasteiger partial charge in [0, 0.05) is 23.6 Å². The monoisotopic (exact) mass is 269 g/mol. The third kappa shape index (κ3) is 2.82. The maximum Gasteiger partial charge on any atom is 0.133 e. The standard InChI is InChI=1S/C17H23N3/c1-6-18-17-13(5)15(19-16(20-17)11(2)3)14-10-8-7-9-12(14)4/h7-11H,6H2,1-5H3,(H,18,19,20). The minimum Gasteiger partial charge on any atom is -0.370 e. The average Bonchev–Trinajstić information content (AvgIpc) is 2.42. The number of benzene rings is 1. The SMILES string of the molecule is CCNc1nc(C(C)C)nc(-c2ccccc2C)c1C. The van der Waals surface area contributed by atoms with Crippen molar-refractivity contribution in [2.24, 2.45) is 0 Å². The molecule has 1 heterocycles. The molecule has 20 heavy (non-hydrogen) atoms. The van der Waals surface area contributed by atoms with Crippen molar-refractivity contribution in [2.75, 3.05) is 11.9 Å². The number of nitrogens with one attached hydrogen (secondary N) is 1. The molecule has 0 radical (unpaired) electrons. The Labute approximate surface area is 121 Å². The van der Waals surface area contributed by atoms with Crippen LogP contribution in [0.2, 0.25) is 0 Å². The Balaban J connectivity index is 2.65. The van der Waals surface area contributed by atoms with Crippen molar-refractivity contribution in [1.82, 2.24) is 9.97 Å². The largest absolute Gasteiger partial charge is 0.370 e. The zero-order chi connectivity index (χ0) is 14.7. The number of hydrogen-bond donors (Lipinski definition) is 1. The summed E-state index contributed by atoms with van der Waals surface area (Å²) in [5.41, 5.74) is 4.59. The summed E-state index contributed by atoms with van der Waals surface area (Å²) in [6, 6.07) is 8.37. The predicted molar refractivity (Wildman–Crippen MR) is 85.2 cm³/mol. The maximum atomic E-state index is 4.79. The molecule has 0 aliphatic rings. The minimum absolute atomic E-state index is 0.316. The van der Waals surface area contributed by atoms with Gasteiger partial charge >= 0.3 is 0 Å². The summed E-state index contributed by atoms with van der Waals surface area (Å²) < 4.78 is 0. The van der Waals surface area contributed by atoms with E-state index in [0.29, 0.717) is 5.92 Å². The van der Waals surface area contributed by atoms with Gasteiger partial charge in [0.05, 0.1) is 5.69 Å². The molecule has 0 spiro atoms. The van der Waals surface area contributed by atoms with Gasteiger partial charge < -0.3 is 5.32 Å². The Kier molecular flexibility index (Phi) is 4.38. The summed E-state index contributed by atoms with van der Waals surface area (Å²) in [5.74, 6) is 2.16. The topological polar surface area (TPSA) is 37.8 Å². The minimum atomic E-state index is 0.316. The van der Waals surface area contributed by atoms with E-state index >= 15 is 0 Å². The van der Waals surface area contributed by atoms with Crippen LogP contribution in [0.4, 0.5) is 5.82 Å². The molecule has 0 atom stereocenters. The number of nitrogens with zero attached hydrogens (tertiary/aromatic N) is 2. The van der Waals surface area contributed by atoms with Gasteiger partial charge in [-0.25, -0.2) is 9.97 Å². The highest BCUT2D eigenvalue weighted by molar-refractivity contribution is 5.70. The van der Waals surface area contributed by atoms with Gasteiger partial charge in [-0.3, -0.25) is 0 Å². The maximum absolute atomic E-state index is 4.79. The van der Waals surface area contributed by atoms with E-state index in [9.17, 15) is 0 Å². The van der Waals surface area contributed by atoms with Gasteiger partial charge in [-0.2, -0.15) is 0 Å². The van der Waals surface area contributed by atoms with Gasteiger partial charge in [0.1, 0.15) is 11.6 Å². The van der Waals surface area contributed by atoms with Crippen molar-refractivity contribution in [3.05, 3.63) is 41.2 Å². The molecule has 2 aromatic rings. The lowest BCUT2D eigenvalue weighted by Crippen LogP contribution is -2.09. The average molecular weight is 269 g/mol. The summed E-state index contributed by atoms with van der Waals surface area (Å²) in [5, 5.41) is 3.35. The molecule has 0 aliphatic carbocycles. The van der Waals surface area contributed by atoms with E-state index in [-0.39, 0.29) is 0 Å². The number of hydrogen-bond acceptors (Lipinski definition) is 3. The fraction of sp³-hybridized carbons (Fsp3) is 0.412. The van der Waals surface area contributed by atoms with Gasteiger partial charge in [-0.1, -0.05) is 38.1 Å². The molecule has 0 amide bonds. The van der Waals surface area contributed by atoms with Gasteiger partial charge in [0.2, 0.25) is 0 Å². The molecular formula is C17H23N3. The first kappa shape index (κ1) is 14.5. The van der Waals surface area contributed by atoms with E-state index in [4.69, 9.17) is 4.98 Å². The van der Waals surface area contributed by atoms with E-state index in [0.717, 1.165) is 29.4 Å². The highest BCUT2D eigenvalue weighted by Gasteiger charge is 2.15. The molecule has 106 valence electrons. The van der Waals surface area contributed by atoms with Crippen LogP contribution in [0.15, 0.2) is 24.3 Å². The first-order valence-electron chi connectivity index (χ1n) is 7.23. The molecule has 3 heteroatoms. The lowest BCUT2D eigenvalue weighted by atomic mass is 10.0. The second kappa shape index (κ2) is 6.04. The van der Waals surface area contributed by atoms with Gasteiger partial charge in [-0.05, 0) is 26.3 Å². The molecule has 2 rings (SSSR count). The molecular weight excluding hydrogens is 246 g/mol. The summed E-state index contributed by atoms with van der Waals surface area (Å²) in [4.78, 5) is 9.45. The van der Waals surface area contributed by atoms with Crippen LogP contribution in [0, 0.1) is 13.8 Å². The van der Waals surface area contributed by atoms with E-state index in [1.54, 1.807) is 0 Å². The zero-order valence-electron chi connectivity index (χ0n) is 13.0. The summed E-state index contributed by atoms with van der Waals surface area (Å²) in [7, 11) is 0. The van der Waals surface area contributed by atoms with E-state index < -0.39 is 0 Å². The molecule has 1 aromatic heterocycles. The van der Waals surface area contributed by atoms with Crippen LogP contribution in [0.5, 0.6) is 0 Å². The Morgan fingerprint density at radius 2 is 1.80 bits per heavy atom. The molecule has 0 unspecified atom stereocenters. The normalized spacial score (nSPS) is 10.9. The fourth-order valence-corrected chi connectivity index (χ4v) is 2.23. The molecule has 3 nitrogen and oxygen atoms in total. The first-order chi connectivity index (χ1) is 9.54. The van der Waals surface area contributed by atoms with Crippen LogP contribution in [0.3, 0.4) is 0 Å². The number of aromatic nitrogens is 2. The van der Waals surface area contributed by atoms with E-state index in [2.05, 4.69) is 69.2 Å². The smallest absolute Gasteiger partial charge is 0.133 e. The predicted octanol–water partition coefficient (Wildman–Crippen LogP) is 4.32. The molecule has 0 fully saturated rings. The Morgan fingerprint density at radius 3 is 2.40 bits per heavy atom. The second-order valence-electron chi connectivity index (χ2n) is 5.40. The van der Waals surface area contributed by atoms with Crippen molar-refractivity contribution >= 4 is 5.82 Å². The highest BCUT2D eigenvalue weighted by atomic mass is 15.0. The lowest BCUT2D eigenvalue weighted by Gasteiger charge is -2.16. The Morgan fingerprint density at radius 1 is 1.10 bits per heavy atom. The van der Waals surface area contributed by atoms with Crippen LogP contribution in [-0.4, -0.2) is 16.5 Å². The molecule has 0 saturated heterocycles. The van der Waals surface area contributed by atoms with Crippen LogP contribution in [-0.2, 0) is 0 Å². The number of anilines is 1. The first-order valence-corrected chi connectivity index (χ1v) is 7.23. The fourth-order valence-electron chi connectivity index (χ4n) is 2.23. The number of aryl methyl sites for hydroxylation is 1. The van der Waals surface area contributed by atoms with Gasteiger partial charge in [-0.15, -0.1) is 0 Å². The summed E-state index contributed by atoms with van der Waals surface area (Å²) in [6.45, 7) is 11.4. The number of rotatable bonds is 4. The van der Waals surface area contributed by atoms with Crippen molar-refractivity contribution in [3.63, 3.8) is 0 Å². The highest BCUT2D eigenvalue weighted by Crippen LogP contribution is 2.29. The Hall–Kier alpha value is -1.90. The summed E-state index contributed by atoms with van der Waals surface area (Å²) >= 11 is 0. The van der Waals surface area contributed by atoms with Crippen LogP contribution in [0.25, 0.3) is 11.3 Å². The lowest BCUT2D eigenvalue weighted by molar-refractivity contribution is 0.774. The van der Waals surface area contributed by atoms with Crippen molar-refractivity contribution < 1.29 is 0 Å². The molecule has 1 N–H and O–H groups in total. The van der Waals surface area contributed by atoms with Crippen molar-refractivity contribution in [2.45, 2.75) is 40.5 Å². The Bertz CT molecular complexity index is 603. The third-order valence-electron chi connectivity index (χ3n) is 3.42. The van der Waals surface area contributed by atoms with Crippen LogP contribution < -0.4 is 5.32 Å². The molecule has 0 saturated carbocycles. The van der Waals surface area contributed by atoms with E-state index in [1.807, 2.05) is 0 Å². The van der Waals surface area contributed by atoms with Gasteiger partial charge in [0.25, 0.3) is 0 Å². The molecule has 0 aliphatic heterocycles. The second-order valence-corrected chi connectivity index (χ2v) is 5.40. The zero-order valence-corrected chi connectivity index (χ0v) is 13.0. The molecule has 0 bridgehead atoms. The van der Waals surface area contributed by atoms with Crippen LogP contribution >= 0.6 is 0 Å². The van der Waals surface area contributed by atoms with Gasteiger partial charge in [0.15, 0.2) is 0 Å². The van der Waals surface area contributed by atoms with Crippen molar-refractivity contribution in [3.8, 4) is 11.3 Å². The van der Waals surface area contributed by atoms with E-state index in [1.165, 1.54) is 11.1 Å². The third-order valence-corrected chi connectivity index (χ3v) is 3.42. The van der Waals surface area contributed by atoms with Crippen LogP contribution in [0.1, 0.15) is 43.6 Å². The quantitative estimate of drug-likeness (QED) is 0.898. The summed E-state index contributed by atoms with van der Waals surface area (Å²) in [6.07, 6.45) is 0. The van der Waals surface area contributed by atoms with Crippen molar-refractivity contribution in [1.29, 1.82) is 0 Å². The molecule has 1 aromatic carbocycles.